The van der Waals surface area contributed by atoms with Crippen LogP contribution >= 0.6 is 0 Å². The molecule has 1 fully saturated rings. The second kappa shape index (κ2) is 9.47. The summed E-state index contributed by atoms with van der Waals surface area (Å²) in [7, 11) is 0. The molecule has 0 bridgehead atoms. The summed E-state index contributed by atoms with van der Waals surface area (Å²) in [6.07, 6.45) is 0.852. The number of nitrogens with zero attached hydrogens (tertiary/aromatic N) is 3. The lowest BCUT2D eigenvalue weighted by molar-refractivity contribution is -0.384. The number of amides is 1. The van der Waals surface area contributed by atoms with Gasteiger partial charge in [0.25, 0.3) is 5.69 Å². The molecule has 0 unspecified atom stereocenters. The second-order valence-electron chi connectivity index (χ2n) is 7.57. The van der Waals surface area contributed by atoms with Crippen molar-refractivity contribution in [1.29, 1.82) is 0 Å². The zero-order valence-corrected chi connectivity index (χ0v) is 17.5. The summed E-state index contributed by atoms with van der Waals surface area (Å²) in [5.41, 5.74) is 0.630. The first-order valence-electron chi connectivity index (χ1n) is 10.4. The molecular weight excluding hydrogens is 410 g/mol. The van der Waals surface area contributed by atoms with Crippen molar-refractivity contribution < 1.29 is 19.2 Å². The molecule has 0 radical (unpaired) electrons. The topological polar surface area (TPSA) is 93.0 Å². The van der Waals surface area contributed by atoms with Crippen LogP contribution in [0.4, 0.5) is 11.4 Å². The van der Waals surface area contributed by atoms with Crippen molar-refractivity contribution in [2.24, 2.45) is 0 Å². The summed E-state index contributed by atoms with van der Waals surface area (Å²) < 4.78 is 5.87. The maximum atomic E-state index is 12.6. The molecule has 8 heteroatoms. The van der Waals surface area contributed by atoms with Crippen molar-refractivity contribution in [2.75, 3.05) is 37.7 Å². The van der Waals surface area contributed by atoms with E-state index in [0.717, 1.165) is 16.5 Å². The molecule has 32 heavy (non-hydrogen) atoms. The van der Waals surface area contributed by atoms with Crippen molar-refractivity contribution >= 4 is 34.3 Å². The molecule has 3 aromatic rings. The molecule has 0 aliphatic carbocycles. The maximum absolute atomic E-state index is 12.6. The van der Waals surface area contributed by atoms with Crippen molar-refractivity contribution in [2.45, 2.75) is 6.42 Å². The first-order chi connectivity index (χ1) is 15.6. The lowest BCUT2D eigenvalue weighted by Crippen LogP contribution is -2.49. The Kier molecular flexibility index (Phi) is 6.30. The van der Waals surface area contributed by atoms with Crippen LogP contribution in [0.5, 0.6) is 5.75 Å². The Morgan fingerprint density at radius 3 is 2.53 bits per heavy atom. The number of aldehydes is 1. The van der Waals surface area contributed by atoms with Gasteiger partial charge < -0.3 is 14.5 Å². The van der Waals surface area contributed by atoms with Crippen molar-refractivity contribution in [3.63, 3.8) is 0 Å². The van der Waals surface area contributed by atoms with Gasteiger partial charge in [0.2, 0.25) is 5.91 Å². The van der Waals surface area contributed by atoms with E-state index in [1.165, 1.54) is 6.07 Å². The van der Waals surface area contributed by atoms with Gasteiger partial charge in [0.15, 0.2) is 0 Å². The van der Waals surface area contributed by atoms with Crippen molar-refractivity contribution in [3.8, 4) is 5.75 Å². The highest BCUT2D eigenvalue weighted by Crippen LogP contribution is 2.30. The number of benzene rings is 3. The van der Waals surface area contributed by atoms with Gasteiger partial charge in [-0.3, -0.25) is 19.7 Å². The highest BCUT2D eigenvalue weighted by molar-refractivity contribution is 5.88. The molecule has 164 valence electrons. The Bertz CT molecular complexity index is 1150. The third-order valence-electron chi connectivity index (χ3n) is 5.63. The standard InChI is InChI=1S/C24H23N3O5/c28-17-18-8-9-21(22(16-18)27(30)31)25-11-13-26(14-12-25)24(29)10-15-32-23-7-3-5-19-4-1-2-6-20(19)23/h1-9,16-17H,10-15H2. The number of anilines is 1. The van der Waals surface area contributed by atoms with Crippen LogP contribution < -0.4 is 9.64 Å². The van der Waals surface area contributed by atoms with Gasteiger partial charge >= 0.3 is 0 Å². The van der Waals surface area contributed by atoms with Gasteiger partial charge in [-0.2, -0.15) is 0 Å². The van der Waals surface area contributed by atoms with E-state index in [1.807, 2.05) is 47.4 Å². The summed E-state index contributed by atoms with van der Waals surface area (Å²) in [6.45, 7) is 2.19. The van der Waals surface area contributed by atoms with Crippen LogP contribution in [0.3, 0.4) is 0 Å². The van der Waals surface area contributed by atoms with E-state index in [4.69, 9.17) is 4.74 Å². The van der Waals surface area contributed by atoms with Crippen molar-refractivity contribution in [3.05, 3.63) is 76.3 Å². The van der Waals surface area contributed by atoms with Gasteiger partial charge in [-0.05, 0) is 23.6 Å². The minimum atomic E-state index is -0.482. The zero-order chi connectivity index (χ0) is 22.5. The number of carbonyl (C=O) groups is 2. The Morgan fingerprint density at radius 1 is 1.03 bits per heavy atom. The average Bonchev–Trinajstić information content (AvgIpc) is 2.83. The molecular formula is C24H23N3O5. The number of nitro groups is 1. The summed E-state index contributed by atoms with van der Waals surface area (Å²) in [5.74, 6) is 0.752. The smallest absolute Gasteiger partial charge is 0.293 e. The first kappa shape index (κ1) is 21.3. The van der Waals surface area contributed by atoms with Crippen LogP contribution in [-0.4, -0.2) is 54.8 Å². The number of hydrogen-bond acceptors (Lipinski definition) is 6. The van der Waals surface area contributed by atoms with Crippen LogP contribution in [-0.2, 0) is 4.79 Å². The van der Waals surface area contributed by atoms with Gasteiger partial charge in [-0.15, -0.1) is 0 Å². The number of nitro benzene ring substituents is 1. The number of rotatable bonds is 7. The molecule has 0 N–H and O–H groups in total. The van der Waals surface area contributed by atoms with Gasteiger partial charge in [0, 0.05) is 43.2 Å². The highest BCUT2D eigenvalue weighted by Gasteiger charge is 2.26. The van der Waals surface area contributed by atoms with Crippen LogP contribution in [0.2, 0.25) is 0 Å². The predicted octanol–water partition coefficient (Wildman–Crippen LogP) is 3.68. The number of hydrogen-bond donors (Lipinski definition) is 0. The highest BCUT2D eigenvalue weighted by atomic mass is 16.6. The van der Waals surface area contributed by atoms with Crippen LogP contribution in [0, 0.1) is 10.1 Å². The van der Waals surface area contributed by atoms with E-state index >= 15 is 0 Å². The molecule has 3 aromatic carbocycles. The Hall–Kier alpha value is -3.94. The van der Waals surface area contributed by atoms with Crippen LogP contribution in [0.1, 0.15) is 16.8 Å². The average molecular weight is 433 g/mol. The van der Waals surface area contributed by atoms with E-state index in [1.54, 1.807) is 17.0 Å². The van der Waals surface area contributed by atoms with E-state index in [2.05, 4.69) is 0 Å². The largest absolute Gasteiger partial charge is 0.492 e. The Balaban J connectivity index is 1.32. The third-order valence-corrected chi connectivity index (χ3v) is 5.63. The minimum Gasteiger partial charge on any atom is -0.492 e. The summed E-state index contributed by atoms with van der Waals surface area (Å²) in [4.78, 5) is 38.1. The van der Waals surface area contributed by atoms with E-state index in [9.17, 15) is 19.7 Å². The fourth-order valence-corrected chi connectivity index (χ4v) is 3.95. The molecule has 8 nitrogen and oxygen atoms in total. The van der Waals surface area contributed by atoms with Gasteiger partial charge in [-0.1, -0.05) is 36.4 Å². The third kappa shape index (κ3) is 4.54. The van der Waals surface area contributed by atoms with Gasteiger partial charge in [0.1, 0.15) is 17.7 Å². The number of piperazine rings is 1. The molecule has 1 amide bonds. The Labute approximate surface area is 185 Å². The molecule has 1 heterocycles. The first-order valence-corrected chi connectivity index (χ1v) is 10.4. The van der Waals surface area contributed by atoms with Gasteiger partial charge in [-0.25, -0.2) is 0 Å². The van der Waals surface area contributed by atoms with E-state index in [0.29, 0.717) is 38.2 Å². The summed E-state index contributed by atoms with van der Waals surface area (Å²) in [5, 5.41) is 13.5. The number of fused-ring (bicyclic) bond motifs is 1. The van der Waals surface area contributed by atoms with Gasteiger partial charge in [0.05, 0.1) is 18.0 Å². The predicted molar refractivity (Wildman–Crippen MR) is 121 cm³/mol. The molecule has 0 atom stereocenters. The van der Waals surface area contributed by atoms with Crippen LogP contribution in [0.25, 0.3) is 10.8 Å². The normalized spacial score (nSPS) is 13.8. The molecule has 0 saturated carbocycles. The monoisotopic (exact) mass is 433 g/mol. The minimum absolute atomic E-state index is 0.00399. The summed E-state index contributed by atoms with van der Waals surface area (Å²) >= 11 is 0. The summed E-state index contributed by atoms with van der Waals surface area (Å²) in [6, 6.07) is 18.2. The maximum Gasteiger partial charge on any atom is 0.293 e. The Morgan fingerprint density at radius 2 is 1.78 bits per heavy atom. The zero-order valence-electron chi connectivity index (χ0n) is 17.5. The molecule has 1 aliphatic heterocycles. The van der Waals surface area contributed by atoms with Crippen molar-refractivity contribution in [1.82, 2.24) is 4.90 Å². The lowest BCUT2D eigenvalue weighted by atomic mass is 10.1. The fraction of sp³-hybridized carbons (Fsp3) is 0.250. The molecule has 4 rings (SSSR count). The lowest BCUT2D eigenvalue weighted by Gasteiger charge is -2.35. The number of carbonyl (C=O) groups excluding carboxylic acids is 2. The SMILES string of the molecule is O=Cc1ccc(N2CCN(C(=O)CCOc3cccc4ccccc34)CC2)c([N+](=O)[O-])c1. The van der Waals surface area contributed by atoms with E-state index in [-0.39, 0.29) is 30.2 Å². The quantitative estimate of drug-likeness (QED) is 0.321. The molecule has 0 aromatic heterocycles. The molecule has 0 spiro atoms. The molecule has 1 aliphatic rings. The number of ether oxygens (including phenoxy) is 1. The molecule has 1 saturated heterocycles. The fourth-order valence-electron chi connectivity index (χ4n) is 3.95. The second-order valence-corrected chi connectivity index (χ2v) is 7.57. The van der Waals surface area contributed by atoms with E-state index < -0.39 is 4.92 Å². The van der Waals surface area contributed by atoms with Crippen LogP contribution in [0.15, 0.2) is 60.7 Å².